The number of nitrogens with zero attached hydrogens (tertiary/aromatic N) is 2. The molecule has 3 bridgehead atoms. The molecule has 5 rings (SSSR count). The van der Waals surface area contributed by atoms with Crippen LogP contribution in [0.2, 0.25) is 0 Å². The largest absolute Gasteiger partial charge is 0.469 e. The molecule has 0 radical (unpaired) electrons. The SMILES string of the molecule is C/C=C1/CN2CC[C@]34C(=Nc5ccccc53)[C@H]2CC1C4C(=O)OC. The Bertz CT molecular complexity index is 797. The number of hydrogen-bond acceptors (Lipinski definition) is 4. The minimum Gasteiger partial charge on any atom is -0.469 e. The molecule has 1 aromatic carbocycles. The molecule has 3 heterocycles. The van der Waals surface area contributed by atoms with E-state index in [9.17, 15) is 4.79 Å². The summed E-state index contributed by atoms with van der Waals surface area (Å²) in [5, 5.41) is 0. The van der Waals surface area contributed by atoms with Crippen molar-refractivity contribution in [2.24, 2.45) is 16.8 Å². The first-order valence-corrected chi connectivity index (χ1v) is 8.86. The minimum absolute atomic E-state index is 0.0717. The lowest BCUT2D eigenvalue weighted by molar-refractivity contribution is -0.151. The molecule has 0 aromatic heterocycles. The summed E-state index contributed by atoms with van der Waals surface area (Å²) in [6, 6.07) is 8.76. The summed E-state index contributed by atoms with van der Waals surface area (Å²) in [6.45, 7) is 4.09. The number of esters is 1. The average Bonchev–Trinajstić information content (AvgIpc) is 2.96. The van der Waals surface area contributed by atoms with Crippen molar-refractivity contribution in [3.63, 3.8) is 0 Å². The van der Waals surface area contributed by atoms with Crippen molar-refractivity contribution in [1.29, 1.82) is 0 Å². The third kappa shape index (κ3) is 1.53. The molecule has 0 amide bonds. The molecule has 3 fully saturated rings. The van der Waals surface area contributed by atoms with Crippen LogP contribution < -0.4 is 0 Å². The Morgan fingerprint density at radius 2 is 2.25 bits per heavy atom. The van der Waals surface area contributed by atoms with Gasteiger partial charge in [0.2, 0.25) is 0 Å². The molecule has 4 atom stereocenters. The van der Waals surface area contributed by atoms with Crippen molar-refractivity contribution < 1.29 is 9.53 Å². The molecule has 1 aromatic rings. The van der Waals surface area contributed by atoms with E-state index in [1.807, 2.05) is 6.07 Å². The lowest BCUT2D eigenvalue weighted by Crippen LogP contribution is -2.68. The van der Waals surface area contributed by atoms with Crippen LogP contribution in [0.25, 0.3) is 0 Å². The van der Waals surface area contributed by atoms with Gasteiger partial charge in [-0.2, -0.15) is 0 Å². The van der Waals surface area contributed by atoms with E-state index < -0.39 is 0 Å². The number of rotatable bonds is 1. The van der Waals surface area contributed by atoms with Gasteiger partial charge in [-0.1, -0.05) is 29.8 Å². The van der Waals surface area contributed by atoms with Crippen molar-refractivity contribution >= 4 is 17.4 Å². The molecule has 2 unspecified atom stereocenters. The van der Waals surface area contributed by atoms with Crippen LogP contribution in [-0.4, -0.2) is 42.8 Å². The second-order valence-electron chi connectivity index (χ2n) is 7.43. The van der Waals surface area contributed by atoms with Gasteiger partial charge in [-0.15, -0.1) is 0 Å². The van der Waals surface area contributed by atoms with Crippen LogP contribution in [0.3, 0.4) is 0 Å². The summed E-state index contributed by atoms with van der Waals surface area (Å²) >= 11 is 0. The van der Waals surface area contributed by atoms with Gasteiger partial charge in [-0.25, -0.2) is 0 Å². The predicted octanol–water partition coefficient (Wildman–Crippen LogP) is 2.85. The molecule has 24 heavy (non-hydrogen) atoms. The Labute approximate surface area is 142 Å². The lowest BCUT2D eigenvalue weighted by Gasteiger charge is -2.59. The van der Waals surface area contributed by atoms with Gasteiger partial charge < -0.3 is 4.74 Å². The molecular formula is C20H22N2O2. The fraction of sp³-hybridized carbons (Fsp3) is 0.500. The highest BCUT2D eigenvalue weighted by atomic mass is 16.5. The van der Waals surface area contributed by atoms with E-state index in [2.05, 4.69) is 36.1 Å². The van der Waals surface area contributed by atoms with E-state index in [0.717, 1.165) is 31.6 Å². The van der Waals surface area contributed by atoms with Gasteiger partial charge >= 0.3 is 5.97 Å². The van der Waals surface area contributed by atoms with Gasteiger partial charge in [-0.3, -0.25) is 14.7 Å². The van der Waals surface area contributed by atoms with Crippen molar-refractivity contribution in [1.82, 2.24) is 4.90 Å². The van der Waals surface area contributed by atoms with Gasteiger partial charge in [0, 0.05) is 24.8 Å². The van der Waals surface area contributed by atoms with Gasteiger partial charge in [-0.05, 0) is 37.3 Å². The number of allylic oxidation sites excluding steroid dienone is 1. The molecule has 4 heteroatoms. The van der Waals surface area contributed by atoms with Crippen molar-refractivity contribution in [2.45, 2.75) is 31.2 Å². The van der Waals surface area contributed by atoms with Gasteiger partial charge in [0.1, 0.15) is 0 Å². The van der Waals surface area contributed by atoms with E-state index >= 15 is 0 Å². The second-order valence-corrected chi connectivity index (χ2v) is 7.43. The quantitative estimate of drug-likeness (QED) is 0.590. The highest BCUT2D eigenvalue weighted by Crippen LogP contribution is 2.60. The zero-order valence-electron chi connectivity index (χ0n) is 14.2. The molecule has 0 N–H and O–H groups in total. The smallest absolute Gasteiger partial charge is 0.310 e. The van der Waals surface area contributed by atoms with Crippen LogP contribution in [0.4, 0.5) is 5.69 Å². The summed E-state index contributed by atoms with van der Waals surface area (Å²) in [4.78, 5) is 20.5. The van der Waals surface area contributed by atoms with Crippen molar-refractivity contribution in [3.8, 4) is 0 Å². The molecule has 4 aliphatic rings. The average molecular weight is 322 g/mol. The lowest BCUT2D eigenvalue weighted by atomic mass is 9.51. The number of carbonyl (C=O) groups is 1. The van der Waals surface area contributed by atoms with E-state index in [0.29, 0.717) is 6.04 Å². The van der Waals surface area contributed by atoms with Crippen LogP contribution in [0.1, 0.15) is 25.3 Å². The minimum atomic E-state index is -0.261. The van der Waals surface area contributed by atoms with Gasteiger partial charge in [0.05, 0.1) is 24.1 Å². The number of piperidine rings is 2. The van der Waals surface area contributed by atoms with Gasteiger partial charge in [0.15, 0.2) is 0 Å². The Morgan fingerprint density at radius 3 is 3.04 bits per heavy atom. The Morgan fingerprint density at radius 1 is 1.42 bits per heavy atom. The number of hydrogen-bond donors (Lipinski definition) is 0. The number of para-hydroxylation sites is 1. The van der Waals surface area contributed by atoms with Crippen LogP contribution in [0.5, 0.6) is 0 Å². The maximum Gasteiger partial charge on any atom is 0.310 e. The molecular weight excluding hydrogens is 300 g/mol. The highest BCUT2D eigenvalue weighted by molar-refractivity contribution is 6.09. The van der Waals surface area contributed by atoms with Crippen LogP contribution in [0, 0.1) is 11.8 Å². The van der Waals surface area contributed by atoms with Crippen molar-refractivity contribution in [3.05, 3.63) is 41.5 Å². The maximum atomic E-state index is 12.9. The predicted molar refractivity (Wildman–Crippen MR) is 92.6 cm³/mol. The summed E-state index contributed by atoms with van der Waals surface area (Å²) in [5.41, 5.74) is 4.64. The fourth-order valence-electron chi connectivity index (χ4n) is 5.77. The van der Waals surface area contributed by atoms with E-state index in [-0.39, 0.29) is 23.2 Å². The highest BCUT2D eigenvalue weighted by Gasteiger charge is 2.65. The summed E-state index contributed by atoms with van der Waals surface area (Å²) in [5.74, 6) is 0.0569. The fourth-order valence-corrected chi connectivity index (χ4v) is 5.77. The third-order valence-electron chi connectivity index (χ3n) is 6.73. The molecule has 1 aliphatic carbocycles. The van der Waals surface area contributed by atoms with E-state index in [4.69, 9.17) is 9.73 Å². The normalized spacial score (nSPS) is 37.8. The molecule has 2 saturated heterocycles. The Hall–Kier alpha value is -1.94. The zero-order chi connectivity index (χ0) is 16.5. The van der Waals surface area contributed by atoms with Crippen molar-refractivity contribution in [2.75, 3.05) is 20.2 Å². The topological polar surface area (TPSA) is 41.9 Å². The maximum absolute atomic E-state index is 12.9. The second kappa shape index (κ2) is 4.79. The third-order valence-corrected chi connectivity index (χ3v) is 6.73. The number of benzene rings is 1. The number of ether oxygens (including phenoxy) is 1. The standard InChI is InChI=1S/C20H22N2O2/c1-3-12-11-22-9-8-20-14-6-4-5-7-15(14)21-18(20)16(22)10-13(12)17(20)19(23)24-2/h3-7,13,16-17H,8-11H2,1-2H3/b12-3-/t13?,16-,17?,20+/m1/s1. The summed E-state index contributed by atoms with van der Waals surface area (Å²) in [7, 11) is 1.52. The molecule has 0 spiro atoms. The zero-order valence-corrected chi connectivity index (χ0v) is 14.2. The molecule has 4 nitrogen and oxygen atoms in total. The van der Waals surface area contributed by atoms with E-state index in [1.54, 1.807) is 0 Å². The van der Waals surface area contributed by atoms with Crippen LogP contribution in [0.15, 0.2) is 40.9 Å². The van der Waals surface area contributed by atoms with Crippen LogP contribution in [-0.2, 0) is 14.9 Å². The van der Waals surface area contributed by atoms with E-state index in [1.165, 1.54) is 24.0 Å². The molecule has 124 valence electrons. The Kier molecular flexibility index (Phi) is 2.88. The number of methoxy groups -OCH3 is 1. The monoisotopic (exact) mass is 322 g/mol. The molecule has 1 saturated carbocycles. The first-order valence-electron chi connectivity index (χ1n) is 8.86. The summed E-state index contributed by atoms with van der Waals surface area (Å²) < 4.78 is 5.31. The number of carbonyl (C=O) groups excluding carboxylic acids is 1. The number of fused-ring (bicyclic) bond motifs is 2. The summed E-state index contributed by atoms with van der Waals surface area (Å²) in [6.07, 6.45) is 4.17. The Balaban J connectivity index is 1.79. The first kappa shape index (κ1) is 14.4. The number of aliphatic imine (C=N–C) groups is 1. The van der Waals surface area contributed by atoms with Gasteiger partial charge in [0.25, 0.3) is 0 Å². The molecule has 3 aliphatic heterocycles. The first-order chi connectivity index (χ1) is 11.7. The van der Waals surface area contributed by atoms with Crippen LogP contribution >= 0.6 is 0 Å².